The Labute approximate surface area is 302 Å². The highest BCUT2D eigenvalue weighted by Gasteiger charge is 2.19. The van der Waals surface area contributed by atoms with Crippen LogP contribution in [0.1, 0.15) is 0 Å². The molecule has 0 unspecified atom stereocenters. The van der Waals surface area contributed by atoms with Crippen LogP contribution >= 0.6 is 0 Å². The highest BCUT2D eigenvalue weighted by Crippen LogP contribution is 2.44. The Balaban J connectivity index is 1.07. The number of rotatable bonds is 6. The van der Waals surface area contributed by atoms with Gasteiger partial charge in [0.1, 0.15) is 11.2 Å². The van der Waals surface area contributed by atoms with Crippen LogP contribution < -0.4 is 4.90 Å². The van der Waals surface area contributed by atoms with Gasteiger partial charge in [-0.1, -0.05) is 146 Å². The van der Waals surface area contributed by atoms with E-state index in [0.717, 1.165) is 39.0 Å². The molecular formula is C50H33NO. The van der Waals surface area contributed by atoms with Gasteiger partial charge in [0.2, 0.25) is 0 Å². The van der Waals surface area contributed by atoms with Crippen molar-refractivity contribution in [3.05, 3.63) is 200 Å². The normalized spacial score (nSPS) is 11.5. The van der Waals surface area contributed by atoms with Gasteiger partial charge in [-0.05, 0) is 110 Å². The summed E-state index contributed by atoms with van der Waals surface area (Å²) in [5.41, 5.74) is 12.2. The summed E-state index contributed by atoms with van der Waals surface area (Å²) in [7, 11) is 0. The van der Waals surface area contributed by atoms with E-state index in [1.807, 2.05) is 12.1 Å². The quantitative estimate of drug-likeness (QED) is 0.176. The Hall–Kier alpha value is -6.90. The number of hydrogen-bond acceptors (Lipinski definition) is 2. The van der Waals surface area contributed by atoms with Crippen molar-refractivity contribution in [1.29, 1.82) is 0 Å². The third-order valence-corrected chi connectivity index (χ3v) is 10.3. The molecular weight excluding hydrogens is 631 g/mol. The maximum atomic E-state index is 6.35. The van der Waals surface area contributed by atoms with Gasteiger partial charge < -0.3 is 9.32 Å². The number of nitrogens with zero attached hydrogens (tertiary/aromatic N) is 1. The lowest BCUT2D eigenvalue weighted by Crippen LogP contribution is -2.10. The van der Waals surface area contributed by atoms with E-state index in [0.29, 0.717) is 0 Å². The van der Waals surface area contributed by atoms with E-state index < -0.39 is 0 Å². The summed E-state index contributed by atoms with van der Waals surface area (Å²) in [5.74, 6) is 0. The van der Waals surface area contributed by atoms with Gasteiger partial charge in [0.25, 0.3) is 0 Å². The Kier molecular flexibility index (Phi) is 7.18. The van der Waals surface area contributed by atoms with Gasteiger partial charge in [-0.15, -0.1) is 0 Å². The summed E-state index contributed by atoms with van der Waals surface area (Å²) in [6, 6.07) is 71.7. The molecule has 10 rings (SSSR count). The second-order valence-corrected chi connectivity index (χ2v) is 13.3. The predicted octanol–water partition coefficient (Wildman–Crippen LogP) is 14.4. The van der Waals surface area contributed by atoms with E-state index in [2.05, 4.69) is 193 Å². The molecule has 0 saturated heterocycles. The van der Waals surface area contributed by atoms with Gasteiger partial charge in [-0.2, -0.15) is 0 Å². The molecule has 0 atom stereocenters. The van der Waals surface area contributed by atoms with Crippen molar-refractivity contribution in [3.63, 3.8) is 0 Å². The lowest BCUT2D eigenvalue weighted by Gasteiger charge is -2.26. The molecule has 0 aliphatic carbocycles. The van der Waals surface area contributed by atoms with Crippen molar-refractivity contribution in [2.24, 2.45) is 0 Å². The zero-order valence-corrected chi connectivity index (χ0v) is 28.4. The molecule has 0 aliphatic rings. The van der Waals surface area contributed by atoms with E-state index in [1.54, 1.807) is 0 Å². The van der Waals surface area contributed by atoms with Crippen LogP contribution in [0.4, 0.5) is 17.1 Å². The monoisotopic (exact) mass is 663 g/mol. The number of hydrogen-bond donors (Lipinski definition) is 0. The van der Waals surface area contributed by atoms with Crippen molar-refractivity contribution in [2.45, 2.75) is 0 Å². The topological polar surface area (TPSA) is 16.4 Å². The van der Waals surface area contributed by atoms with Gasteiger partial charge in [0.15, 0.2) is 0 Å². The lowest BCUT2D eigenvalue weighted by molar-refractivity contribution is 0.669. The van der Waals surface area contributed by atoms with E-state index in [4.69, 9.17) is 4.42 Å². The first-order chi connectivity index (χ1) is 25.8. The van der Waals surface area contributed by atoms with Gasteiger partial charge >= 0.3 is 0 Å². The van der Waals surface area contributed by atoms with Crippen LogP contribution in [-0.4, -0.2) is 0 Å². The zero-order valence-electron chi connectivity index (χ0n) is 28.4. The molecule has 0 amide bonds. The molecule has 0 N–H and O–H groups in total. The molecule has 2 nitrogen and oxygen atoms in total. The fraction of sp³-hybridized carbons (Fsp3) is 0. The van der Waals surface area contributed by atoms with Crippen LogP contribution in [-0.2, 0) is 0 Å². The van der Waals surface area contributed by atoms with E-state index in [-0.39, 0.29) is 0 Å². The fourth-order valence-corrected chi connectivity index (χ4v) is 7.68. The van der Waals surface area contributed by atoms with E-state index >= 15 is 0 Å². The van der Waals surface area contributed by atoms with Crippen molar-refractivity contribution in [2.75, 3.05) is 4.90 Å². The van der Waals surface area contributed by atoms with Crippen LogP contribution in [0.2, 0.25) is 0 Å². The summed E-state index contributed by atoms with van der Waals surface area (Å²) in [4.78, 5) is 2.35. The molecule has 9 aromatic carbocycles. The maximum Gasteiger partial charge on any atom is 0.137 e. The summed E-state index contributed by atoms with van der Waals surface area (Å²) in [6.45, 7) is 0. The first-order valence-corrected chi connectivity index (χ1v) is 17.8. The largest absolute Gasteiger partial charge is 0.456 e. The molecule has 0 saturated carbocycles. The van der Waals surface area contributed by atoms with Crippen molar-refractivity contribution < 1.29 is 4.42 Å². The Morgan fingerprint density at radius 3 is 1.67 bits per heavy atom. The lowest BCUT2D eigenvalue weighted by atomic mass is 9.95. The molecule has 1 aromatic heterocycles. The number of anilines is 3. The molecule has 1 heterocycles. The first kappa shape index (κ1) is 30.0. The van der Waals surface area contributed by atoms with Crippen molar-refractivity contribution >= 4 is 60.5 Å². The SMILES string of the molecule is c1ccc(-c2cccc3cc(-c4ccc(N(c5ccc(-c6ccc7ccccc7c6)cc5)c5cccc6oc7ccccc7c56)cc4)ccc23)cc1. The number of fused-ring (bicyclic) bond motifs is 5. The van der Waals surface area contributed by atoms with E-state index in [9.17, 15) is 0 Å². The van der Waals surface area contributed by atoms with Crippen LogP contribution in [0.5, 0.6) is 0 Å². The summed E-state index contributed by atoms with van der Waals surface area (Å²) < 4.78 is 6.35. The minimum atomic E-state index is 0.874. The maximum absolute atomic E-state index is 6.35. The number of para-hydroxylation sites is 1. The molecule has 52 heavy (non-hydrogen) atoms. The smallest absolute Gasteiger partial charge is 0.137 e. The molecule has 244 valence electrons. The minimum Gasteiger partial charge on any atom is -0.456 e. The van der Waals surface area contributed by atoms with Crippen LogP contribution in [0.15, 0.2) is 205 Å². The van der Waals surface area contributed by atoms with Gasteiger partial charge in [0.05, 0.1) is 11.1 Å². The zero-order chi connectivity index (χ0) is 34.4. The van der Waals surface area contributed by atoms with Crippen LogP contribution in [0.3, 0.4) is 0 Å². The average Bonchev–Trinajstić information content (AvgIpc) is 3.61. The molecule has 0 spiro atoms. The summed E-state index contributed by atoms with van der Waals surface area (Å²) >= 11 is 0. The molecule has 0 aliphatic heterocycles. The molecule has 2 heteroatoms. The van der Waals surface area contributed by atoms with Gasteiger partial charge in [0, 0.05) is 16.8 Å². The molecule has 0 radical (unpaired) electrons. The van der Waals surface area contributed by atoms with E-state index in [1.165, 1.54) is 54.9 Å². The predicted molar refractivity (Wildman–Crippen MR) is 220 cm³/mol. The fourth-order valence-electron chi connectivity index (χ4n) is 7.68. The summed E-state index contributed by atoms with van der Waals surface area (Å²) in [6.07, 6.45) is 0. The van der Waals surface area contributed by atoms with Crippen molar-refractivity contribution in [1.82, 2.24) is 0 Å². The highest BCUT2D eigenvalue weighted by atomic mass is 16.3. The van der Waals surface area contributed by atoms with Gasteiger partial charge in [-0.25, -0.2) is 0 Å². The first-order valence-electron chi connectivity index (χ1n) is 17.8. The van der Waals surface area contributed by atoms with Gasteiger partial charge in [-0.3, -0.25) is 0 Å². The Bertz CT molecular complexity index is 2890. The number of furan rings is 1. The molecule has 0 bridgehead atoms. The third kappa shape index (κ3) is 5.21. The Morgan fingerprint density at radius 2 is 0.904 bits per heavy atom. The van der Waals surface area contributed by atoms with Crippen molar-refractivity contribution in [3.8, 4) is 33.4 Å². The van der Waals surface area contributed by atoms with Crippen LogP contribution in [0.25, 0.3) is 76.9 Å². The van der Waals surface area contributed by atoms with Crippen LogP contribution in [0, 0.1) is 0 Å². The second kappa shape index (κ2) is 12.5. The standard InChI is InChI=1S/C50H33NO/c1-2-11-37(12-3-1)44-16-8-14-41-33-40(26-31-45(41)44)36-24-29-43(30-25-36)51(47-17-9-19-49-50(47)46-15-6-7-18-48(46)52-49)42-27-22-35(23-28-42)39-21-20-34-10-4-5-13-38(34)32-39/h1-33H. The third-order valence-electron chi connectivity index (χ3n) is 10.3. The number of benzene rings is 9. The Morgan fingerprint density at radius 1 is 0.327 bits per heavy atom. The minimum absolute atomic E-state index is 0.874. The molecule has 0 fully saturated rings. The average molecular weight is 664 g/mol. The summed E-state index contributed by atoms with van der Waals surface area (Å²) in [5, 5.41) is 7.19. The second-order valence-electron chi connectivity index (χ2n) is 13.3. The molecule has 10 aromatic rings. The highest BCUT2D eigenvalue weighted by molar-refractivity contribution is 6.13.